The number of ether oxygens (including phenoxy) is 1. The Morgan fingerprint density at radius 1 is 1.57 bits per heavy atom. The Kier molecular flexibility index (Phi) is 3.36. The molecule has 0 heterocycles. The summed E-state index contributed by atoms with van der Waals surface area (Å²) in [6.07, 6.45) is 0. The van der Waals surface area contributed by atoms with Crippen LogP contribution in [0, 0.1) is 0 Å². The van der Waals surface area contributed by atoms with Crippen LogP contribution in [0.15, 0.2) is 18.2 Å². The van der Waals surface area contributed by atoms with Gasteiger partial charge >= 0.3 is 0 Å². The number of carbonyl (C=O) groups excluding carboxylic acids is 1. The third-order valence-electron chi connectivity index (χ3n) is 1.91. The van der Waals surface area contributed by atoms with Gasteiger partial charge in [-0.25, -0.2) is 0 Å². The summed E-state index contributed by atoms with van der Waals surface area (Å²) in [5.41, 5.74) is 6.48. The van der Waals surface area contributed by atoms with Crippen LogP contribution >= 0.6 is 11.6 Å². The molecule has 1 aromatic carbocycles. The molecule has 76 valence electrons. The summed E-state index contributed by atoms with van der Waals surface area (Å²) in [6.45, 7) is 1.61. The number of hydrogen-bond donors (Lipinski definition) is 1. The average molecular weight is 214 g/mol. The predicted octanol–water partition coefficient (Wildman–Crippen LogP) is 2.09. The number of ketones is 1. The normalized spacial score (nSPS) is 12.2. The SMILES string of the molecule is COc1cccc(C(=O)C(C)Cl)c1N. The smallest absolute Gasteiger partial charge is 0.182 e. The number of anilines is 1. The number of alkyl halides is 1. The van der Waals surface area contributed by atoms with Crippen molar-refractivity contribution in [2.45, 2.75) is 12.3 Å². The minimum atomic E-state index is -0.579. The second-order valence-electron chi connectivity index (χ2n) is 2.90. The minimum Gasteiger partial charge on any atom is -0.495 e. The first kappa shape index (κ1) is 10.9. The molecule has 4 heteroatoms. The van der Waals surface area contributed by atoms with Crippen molar-refractivity contribution in [3.8, 4) is 5.75 Å². The maximum absolute atomic E-state index is 11.6. The largest absolute Gasteiger partial charge is 0.495 e. The molecule has 0 saturated heterocycles. The highest BCUT2D eigenvalue weighted by atomic mass is 35.5. The van der Waals surface area contributed by atoms with Crippen molar-refractivity contribution < 1.29 is 9.53 Å². The molecule has 1 atom stereocenters. The maximum Gasteiger partial charge on any atom is 0.182 e. The van der Waals surface area contributed by atoms with E-state index < -0.39 is 5.38 Å². The molecule has 0 aliphatic heterocycles. The third-order valence-corrected chi connectivity index (χ3v) is 2.11. The van der Waals surface area contributed by atoms with Crippen LogP contribution in [0.3, 0.4) is 0 Å². The molecule has 0 spiro atoms. The van der Waals surface area contributed by atoms with Gasteiger partial charge in [0.05, 0.1) is 18.2 Å². The fourth-order valence-corrected chi connectivity index (χ4v) is 1.27. The number of methoxy groups -OCH3 is 1. The summed E-state index contributed by atoms with van der Waals surface area (Å²) >= 11 is 5.68. The Bertz CT molecular complexity index is 350. The van der Waals surface area contributed by atoms with E-state index in [0.717, 1.165) is 0 Å². The summed E-state index contributed by atoms with van der Waals surface area (Å²) in [5.74, 6) is 0.302. The van der Waals surface area contributed by atoms with E-state index in [2.05, 4.69) is 0 Å². The summed E-state index contributed by atoms with van der Waals surface area (Å²) in [6, 6.07) is 5.05. The zero-order valence-electron chi connectivity index (χ0n) is 8.08. The van der Waals surface area contributed by atoms with Crippen LogP contribution in [0.4, 0.5) is 5.69 Å². The summed E-state index contributed by atoms with van der Waals surface area (Å²) < 4.78 is 5.00. The van der Waals surface area contributed by atoms with Gasteiger partial charge in [-0.2, -0.15) is 0 Å². The van der Waals surface area contributed by atoms with Crippen LogP contribution in [0.2, 0.25) is 0 Å². The van der Waals surface area contributed by atoms with Gasteiger partial charge in [-0.15, -0.1) is 11.6 Å². The summed E-state index contributed by atoms with van der Waals surface area (Å²) in [4.78, 5) is 11.6. The Labute approximate surface area is 87.8 Å². The molecule has 0 fully saturated rings. The molecule has 1 unspecified atom stereocenters. The number of carbonyl (C=O) groups is 1. The van der Waals surface area contributed by atoms with E-state index >= 15 is 0 Å². The zero-order valence-corrected chi connectivity index (χ0v) is 8.84. The summed E-state index contributed by atoms with van der Waals surface area (Å²) in [7, 11) is 1.50. The molecule has 0 radical (unpaired) electrons. The Hall–Kier alpha value is -1.22. The third kappa shape index (κ3) is 1.99. The van der Waals surface area contributed by atoms with Gasteiger partial charge in [0, 0.05) is 5.56 Å². The van der Waals surface area contributed by atoms with E-state index in [4.69, 9.17) is 22.1 Å². The number of para-hydroxylation sites is 1. The second kappa shape index (κ2) is 4.33. The maximum atomic E-state index is 11.6. The number of Topliss-reactive ketones (excluding diaryl/α,β-unsaturated/α-hetero) is 1. The van der Waals surface area contributed by atoms with Crippen LogP contribution < -0.4 is 10.5 Å². The molecular formula is C10H12ClNO2. The first-order valence-corrected chi connectivity index (χ1v) is 4.62. The first-order chi connectivity index (χ1) is 6.57. The molecule has 0 bridgehead atoms. The highest BCUT2D eigenvalue weighted by Crippen LogP contribution is 2.26. The number of hydrogen-bond acceptors (Lipinski definition) is 3. The predicted molar refractivity (Wildman–Crippen MR) is 57.1 cm³/mol. The first-order valence-electron chi connectivity index (χ1n) is 4.18. The Morgan fingerprint density at radius 2 is 2.21 bits per heavy atom. The standard InChI is InChI=1S/C10H12ClNO2/c1-6(11)10(13)7-4-3-5-8(14-2)9(7)12/h3-6H,12H2,1-2H3. The number of halogens is 1. The number of benzene rings is 1. The summed E-state index contributed by atoms with van der Waals surface area (Å²) in [5, 5.41) is -0.579. The van der Waals surface area contributed by atoms with E-state index in [1.807, 2.05) is 0 Å². The number of rotatable bonds is 3. The topological polar surface area (TPSA) is 52.3 Å². The molecule has 1 rings (SSSR count). The lowest BCUT2D eigenvalue weighted by atomic mass is 10.1. The van der Waals surface area contributed by atoms with Crippen LogP contribution in [-0.2, 0) is 0 Å². The van der Waals surface area contributed by atoms with Gasteiger partial charge in [0.1, 0.15) is 5.75 Å². The quantitative estimate of drug-likeness (QED) is 0.475. The second-order valence-corrected chi connectivity index (χ2v) is 3.56. The molecule has 3 nitrogen and oxygen atoms in total. The van der Waals surface area contributed by atoms with E-state index in [1.165, 1.54) is 7.11 Å². The molecule has 1 aromatic rings. The highest BCUT2D eigenvalue weighted by Gasteiger charge is 2.16. The Morgan fingerprint density at radius 3 is 2.71 bits per heavy atom. The molecule has 0 aromatic heterocycles. The molecular weight excluding hydrogens is 202 g/mol. The van der Waals surface area contributed by atoms with Crippen molar-refractivity contribution in [2.75, 3.05) is 12.8 Å². The van der Waals surface area contributed by atoms with Crippen molar-refractivity contribution in [1.29, 1.82) is 0 Å². The minimum absolute atomic E-state index is 0.192. The van der Waals surface area contributed by atoms with Crippen LogP contribution in [0.5, 0.6) is 5.75 Å². The van der Waals surface area contributed by atoms with Crippen molar-refractivity contribution in [3.05, 3.63) is 23.8 Å². The van der Waals surface area contributed by atoms with Gasteiger partial charge in [-0.05, 0) is 19.1 Å². The van der Waals surface area contributed by atoms with Crippen LogP contribution in [0.1, 0.15) is 17.3 Å². The van der Waals surface area contributed by atoms with Crippen molar-refractivity contribution in [3.63, 3.8) is 0 Å². The molecule has 14 heavy (non-hydrogen) atoms. The van der Waals surface area contributed by atoms with Gasteiger partial charge in [0.25, 0.3) is 0 Å². The molecule has 0 saturated carbocycles. The molecule has 2 N–H and O–H groups in total. The van der Waals surface area contributed by atoms with Gasteiger partial charge in [0.2, 0.25) is 0 Å². The van der Waals surface area contributed by atoms with E-state index in [0.29, 0.717) is 17.0 Å². The van der Waals surface area contributed by atoms with Crippen molar-refractivity contribution in [2.24, 2.45) is 0 Å². The molecule has 0 aliphatic carbocycles. The van der Waals surface area contributed by atoms with Gasteiger partial charge in [0.15, 0.2) is 5.78 Å². The zero-order chi connectivity index (χ0) is 10.7. The van der Waals surface area contributed by atoms with Gasteiger partial charge in [-0.3, -0.25) is 4.79 Å². The van der Waals surface area contributed by atoms with Crippen LogP contribution in [0.25, 0.3) is 0 Å². The van der Waals surface area contributed by atoms with Crippen molar-refractivity contribution in [1.82, 2.24) is 0 Å². The molecule has 0 aliphatic rings. The lowest BCUT2D eigenvalue weighted by Crippen LogP contribution is -2.13. The number of nitrogen functional groups attached to an aromatic ring is 1. The van der Waals surface area contributed by atoms with Crippen LogP contribution in [-0.4, -0.2) is 18.3 Å². The van der Waals surface area contributed by atoms with Gasteiger partial charge in [-0.1, -0.05) is 6.07 Å². The average Bonchev–Trinajstić information content (AvgIpc) is 2.17. The lowest BCUT2D eigenvalue weighted by Gasteiger charge is -2.09. The fraction of sp³-hybridized carbons (Fsp3) is 0.300. The highest BCUT2D eigenvalue weighted by molar-refractivity contribution is 6.34. The fourth-order valence-electron chi connectivity index (χ4n) is 1.15. The van der Waals surface area contributed by atoms with Crippen molar-refractivity contribution >= 4 is 23.1 Å². The van der Waals surface area contributed by atoms with E-state index in [-0.39, 0.29) is 5.78 Å². The lowest BCUT2D eigenvalue weighted by molar-refractivity contribution is 0.0992. The van der Waals surface area contributed by atoms with E-state index in [9.17, 15) is 4.79 Å². The monoisotopic (exact) mass is 213 g/mol. The van der Waals surface area contributed by atoms with Gasteiger partial charge < -0.3 is 10.5 Å². The number of nitrogens with two attached hydrogens (primary N) is 1. The Balaban J connectivity index is 3.16. The molecule has 0 amide bonds. The van der Waals surface area contributed by atoms with E-state index in [1.54, 1.807) is 25.1 Å².